The highest BCUT2D eigenvalue weighted by atomic mass is 31.2. The lowest BCUT2D eigenvalue weighted by molar-refractivity contribution is 0.0997. The van der Waals surface area contributed by atoms with Gasteiger partial charge >= 0.3 is 0 Å². The van der Waals surface area contributed by atoms with Crippen molar-refractivity contribution in [3.05, 3.63) is 89.0 Å². The summed E-state index contributed by atoms with van der Waals surface area (Å²) in [5, 5.41) is -0.169. The van der Waals surface area contributed by atoms with E-state index in [2.05, 4.69) is 22.4 Å². The number of nitrogens with zero attached hydrogens (tertiary/aromatic N) is 4. The maximum absolute atomic E-state index is 15.6. The molecule has 5 aromatic rings. The standard InChI is InChI=1S/C33H31F2N5O8P2.CH5N/c1-37-28-23(13-11-19(32(36)42)31(28)48-3)39(16-20-21(34)6-4-8-25(20)49(43)44)14-15-40-24-12-10-18(17-41)30(47-2)29(24)38-33(40)27-22(35)7-5-9-26(27)50(45)46;1-2/h4-13,17,43-46H,1,14-16H2,2-3H3,(H2,36,42);2H2,1H3. The van der Waals surface area contributed by atoms with Gasteiger partial charge in [-0.3, -0.25) is 14.6 Å². The second-order valence-electron chi connectivity index (χ2n) is 10.7. The van der Waals surface area contributed by atoms with Crippen molar-refractivity contribution in [3.63, 3.8) is 0 Å². The average Bonchev–Trinajstić information content (AvgIpc) is 3.50. The van der Waals surface area contributed by atoms with Crippen LogP contribution in [0.4, 0.5) is 20.2 Å². The van der Waals surface area contributed by atoms with Gasteiger partial charge in [0.15, 0.2) is 34.5 Å². The Labute approximate surface area is 299 Å². The average molecular weight is 757 g/mol. The van der Waals surface area contributed by atoms with Crippen LogP contribution in [0.5, 0.6) is 11.5 Å². The summed E-state index contributed by atoms with van der Waals surface area (Å²) in [7, 11) is -1.38. The van der Waals surface area contributed by atoms with Gasteiger partial charge < -0.3 is 50.0 Å². The van der Waals surface area contributed by atoms with Gasteiger partial charge in [-0.15, -0.1) is 0 Å². The normalized spacial score (nSPS) is 11.0. The van der Waals surface area contributed by atoms with Gasteiger partial charge in [-0.1, -0.05) is 12.1 Å². The van der Waals surface area contributed by atoms with Crippen molar-refractivity contribution in [2.75, 3.05) is 32.7 Å². The van der Waals surface area contributed by atoms with Gasteiger partial charge in [0.1, 0.15) is 28.7 Å². The van der Waals surface area contributed by atoms with E-state index in [-0.39, 0.29) is 86.7 Å². The number of primary amides is 1. The van der Waals surface area contributed by atoms with Gasteiger partial charge in [0, 0.05) is 35.8 Å². The zero-order valence-corrected chi connectivity index (χ0v) is 30.0. The Balaban J connectivity index is 0.00000297. The van der Waals surface area contributed by atoms with E-state index in [0.717, 1.165) is 6.07 Å². The molecule has 0 radical (unpaired) electrons. The second-order valence-corrected chi connectivity index (χ2v) is 12.8. The number of methoxy groups -OCH3 is 2. The number of nitrogens with two attached hydrogens (primary N) is 2. The van der Waals surface area contributed by atoms with Crippen LogP contribution in [0.1, 0.15) is 26.3 Å². The number of aromatic nitrogens is 2. The molecular weight excluding hydrogens is 720 g/mol. The van der Waals surface area contributed by atoms with Gasteiger partial charge in [0.05, 0.1) is 42.1 Å². The number of aliphatic imine (C=N–C) groups is 1. The first-order valence-electron chi connectivity index (χ1n) is 15.2. The maximum Gasteiger partial charge on any atom is 0.252 e. The molecule has 5 rings (SSSR count). The summed E-state index contributed by atoms with van der Waals surface area (Å²) in [6.45, 7) is 3.26. The fourth-order valence-corrected chi connectivity index (χ4v) is 7.03. The Morgan fingerprint density at radius 1 is 0.962 bits per heavy atom. The quantitative estimate of drug-likeness (QED) is 0.0548. The predicted octanol–water partition coefficient (Wildman–Crippen LogP) is 3.37. The van der Waals surface area contributed by atoms with Gasteiger partial charge in [0.25, 0.3) is 5.91 Å². The van der Waals surface area contributed by atoms with E-state index in [0.29, 0.717) is 11.8 Å². The number of carbonyl (C=O) groups is 2. The molecule has 14 nitrogen and oxygen atoms in total. The van der Waals surface area contributed by atoms with E-state index in [4.69, 9.17) is 15.2 Å². The number of fused-ring (bicyclic) bond motifs is 1. The maximum atomic E-state index is 15.6. The molecule has 0 saturated heterocycles. The molecular formula is C34H36F2N6O8P2. The highest BCUT2D eigenvalue weighted by molar-refractivity contribution is 7.54. The number of imidazole rings is 1. The largest absolute Gasteiger partial charge is 0.494 e. The van der Waals surface area contributed by atoms with E-state index >= 15 is 8.78 Å². The third-order valence-corrected chi connectivity index (χ3v) is 9.65. The van der Waals surface area contributed by atoms with Gasteiger partial charge in [-0.05, 0) is 62.3 Å². The minimum atomic E-state index is -2.79. The number of ether oxygens (including phenoxy) is 2. The lowest BCUT2D eigenvalue weighted by atomic mass is 10.1. The van der Waals surface area contributed by atoms with E-state index < -0.39 is 34.3 Å². The summed E-state index contributed by atoms with van der Waals surface area (Å²) in [6, 6.07) is 13.7. The summed E-state index contributed by atoms with van der Waals surface area (Å²) in [6.07, 6.45) is 0.573. The van der Waals surface area contributed by atoms with Gasteiger partial charge in [0.2, 0.25) is 0 Å². The molecule has 274 valence electrons. The molecule has 0 atom stereocenters. The van der Waals surface area contributed by atoms with Crippen LogP contribution >= 0.6 is 16.8 Å². The van der Waals surface area contributed by atoms with Crippen LogP contribution in [0, 0.1) is 11.6 Å². The Morgan fingerprint density at radius 2 is 1.60 bits per heavy atom. The van der Waals surface area contributed by atoms with Crippen LogP contribution in [0.15, 0.2) is 65.7 Å². The van der Waals surface area contributed by atoms with Crippen molar-refractivity contribution >= 4 is 68.7 Å². The minimum absolute atomic E-state index is 0.00280. The first-order valence-corrected chi connectivity index (χ1v) is 17.7. The number of aldehydes is 1. The Kier molecular flexibility index (Phi) is 13.4. The van der Waals surface area contributed by atoms with Crippen LogP contribution in [-0.2, 0) is 13.1 Å². The van der Waals surface area contributed by atoms with Crippen LogP contribution < -0.4 is 36.5 Å². The van der Waals surface area contributed by atoms with Crippen molar-refractivity contribution in [3.8, 4) is 22.9 Å². The third-order valence-electron chi connectivity index (χ3n) is 8.00. The predicted molar refractivity (Wildman–Crippen MR) is 197 cm³/mol. The van der Waals surface area contributed by atoms with Crippen LogP contribution in [-0.4, -0.2) is 75.8 Å². The van der Waals surface area contributed by atoms with Gasteiger partial charge in [-0.2, -0.15) is 0 Å². The van der Waals surface area contributed by atoms with Crippen molar-refractivity contribution in [2.24, 2.45) is 16.5 Å². The first kappa shape index (κ1) is 39.9. The number of hydrogen-bond donors (Lipinski definition) is 6. The molecule has 0 aliphatic carbocycles. The van der Waals surface area contributed by atoms with E-state index in [1.807, 2.05) is 0 Å². The molecule has 0 fully saturated rings. The molecule has 0 aliphatic rings. The minimum Gasteiger partial charge on any atom is -0.494 e. The summed E-state index contributed by atoms with van der Waals surface area (Å²) < 4.78 is 43.6. The third kappa shape index (κ3) is 7.78. The van der Waals surface area contributed by atoms with E-state index in [1.165, 1.54) is 69.8 Å². The van der Waals surface area contributed by atoms with Crippen molar-refractivity contribution in [2.45, 2.75) is 13.1 Å². The van der Waals surface area contributed by atoms with E-state index in [1.54, 1.807) is 15.5 Å². The van der Waals surface area contributed by atoms with E-state index in [9.17, 15) is 29.2 Å². The lowest BCUT2D eigenvalue weighted by Crippen LogP contribution is -2.30. The van der Waals surface area contributed by atoms with Crippen molar-refractivity contribution in [1.82, 2.24) is 9.55 Å². The molecule has 0 unspecified atom stereocenters. The highest BCUT2D eigenvalue weighted by Gasteiger charge is 2.27. The number of hydrogen-bond acceptors (Lipinski definition) is 12. The molecule has 0 spiro atoms. The number of amides is 1. The highest BCUT2D eigenvalue weighted by Crippen LogP contribution is 2.42. The molecule has 18 heteroatoms. The SMILES string of the molecule is C=Nc1c(N(CCn2c(-c3c(F)cccc3P(O)O)nc3c(OC)c(C=O)ccc32)Cc2c(F)cccc2P(O)O)ccc(C(N)=O)c1OC.CN. The summed E-state index contributed by atoms with van der Waals surface area (Å²) in [4.78, 5) is 75.2. The second kappa shape index (κ2) is 17.5. The van der Waals surface area contributed by atoms with Crippen LogP contribution in [0.2, 0.25) is 0 Å². The Bertz CT molecular complexity index is 2110. The molecule has 0 aliphatic heterocycles. The zero-order valence-electron chi connectivity index (χ0n) is 28.2. The number of carbonyl (C=O) groups excluding carboxylic acids is 2. The lowest BCUT2D eigenvalue weighted by Gasteiger charge is -2.29. The number of rotatable bonds is 14. The zero-order chi connectivity index (χ0) is 38.3. The number of anilines is 1. The smallest absolute Gasteiger partial charge is 0.252 e. The van der Waals surface area contributed by atoms with Crippen molar-refractivity contribution < 1.29 is 47.4 Å². The monoisotopic (exact) mass is 756 g/mol. The summed E-state index contributed by atoms with van der Waals surface area (Å²) in [5.74, 6) is -2.28. The first-order chi connectivity index (χ1) is 25.0. The van der Waals surface area contributed by atoms with Crippen LogP contribution in [0.25, 0.3) is 22.4 Å². The molecule has 4 aromatic carbocycles. The number of benzene rings is 4. The molecule has 0 saturated carbocycles. The molecule has 1 amide bonds. The fraction of sp³-hybridized carbons (Fsp3) is 0.176. The Hall–Kier alpha value is -4.92. The fourth-order valence-electron chi connectivity index (χ4n) is 5.76. The topological polar surface area (TPSA) is 219 Å². The molecule has 0 bridgehead atoms. The summed E-state index contributed by atoms with van der Waals surface area (Å²) in [5.41, 5.74) is 10.9. The number of halogens is 2. The molecule has 1 aromatic heterocycles. The summed E-state index contributed by atoms with van der Waals surface area (Å²) >= 11 is 0. The van der Waals surface area contributed by atoms with Crippen LogP contribution in [0.3, 0.4) is 0 Å². The molecule has 1 heterocycles. The molecule has 52 heavy (non-hydrogen) atoms. The molecule has 8 N–H and O–H groups in total. The van der Waals surface area contributed by atoms with Crippen molar-refractivity contribution in [1.29, 1.82) is 0 Å². The Morgan fingerprint density at radius 3 is 2.17 bits per heavy atom. The van der Waals surface area contributed by atoms with Gasteiger partial charge in [-0.25, -0.2) is 13.8 Å².